The summed E-state index contributed by atoms with van der Waals surface area (Å²) < 4.78 is 0. The molecule has 2 amide bonds. The number of anilines is 1. The maximum Gasteiger partial charge on any atom is 0.251 e. The SMILES string of the molecule is O=C(NC1CC1)c1ccc(N2C3CCC2CC(NC(=O)C2(c4ccc(Cl)cc4)CC2)C3)cc1. The smallest absolute Gasteiger partial charge is 0.251 e. The highest BCUT2D eigenvalue weighted by molar-refractivity contribution is 6.30. The number of nitrogens with zero attached hydrogens (tertiary/aromatic N) is 1. The maximum absolute atomic E-state index is 13.3. The average molecular weight is 464 g/mol. The Morgan fingerprint density at radius 2 is 1.45 bits per heavy atom. The molecule has 33 heavy (non-hydrogen) atoms. The fraction of sp³-hybridized carbons (Fsp3) is 0.481. The van der Waals surface area contributed by atoms with E-state index >= 15 is 0 Å². The van der Waals surface area contributed by atoms with Crippen LogP contribution in [-0.4, -0.2) is 36.0 Å². The summed E-state index contributed by atoms with van der Waals surface area (Å²) in [6.07, 6.45) is 8.27. The molecule has 2 N–H and O–H groups in total. The fourth-order valence-electron chi connectivity index (χ4n) is 5.86. The van der Waals surface area contributed by atoms with Crippen LogP contribution in [0.1, 0.15) is 67.3 Å². The number of piperidine rings is 1. The largest absolute Gasteiger partial charge is 0.365 e. The minimum atomic E-state index is -0.363. The number of fused-ring (bicyclic) bond motifs is 2. The zero-order chi connectivity index (χ0) is 22.6. The van der Waals surface area contributed by atoms with Gasteiger partial charge in [-0.1, -0.05) is 23.7 Å². The van der Waals surface area contributed by atoms with Crippen LogP contribution in [0.4, 0.5) is 5.69 Å². The molecule has 5 nitrogen and oxygen atoms in total. The summed E-state index contributed by atoms with van der Waals surface area (Å²) in [6.45, 7) is 0. The van der Waals surface area contributed by atoms with E-state index < -0.39 is 0 Å². The van der Waals surface area contributed by atoms with Gasteiger partial charge in [0.25, 0.3) is 5.91 Å². The molecule has 2 saturated heterocycles. The molecule has 0 aromatic heterocycles. The molecular formula is C27H30ClN3O2. The predicted molar refractivity (Wildman–Crippen MR) is 130 cm³/mol. The minimum absolute atomic E-state index is 0.0307. The van der Waals surface area contributed by atoms with Crippen LogP contribution in [0, 0.1) is 0 Å². The summed E-state index contributed by atoms with van der Waals surface area (Å²) in [6, 6.07) is 17.3. The van der Waals surface area contributed by atoms with Crippen molar-refractivity contribution in [1.29, 1.82) is 0 Å². The van der Waals surface area contributed by atoms with Crippen molar-refractivity contribution in [3.63, 3.8) is 0 Å². The molecule has 6 heteroatoms. The third-order valence-corrected chi connectivity index (χ3v) is 8.24. The molecule has 2 saturated carbocycles. The lowest BCUT2D eigenvalue weighted by Gasteiger charge is -2.41. The van der Waals surface area contributed by atoms with Gasteiger partial charge < -0.3 is 15.5 Å². The Hall–Kier alpha value is -2.53. The Kier molecular flexibility index (Phi) is 5.13. The normalized spacial score (nSPS) is 27.2. The highest BCUT2D eigenvalue weighted by atomic mass is 35.5. The van der Waals surface area contributed by atoms with Gasteiger partial charge in [-0.15, -0.1) is 0 Å². The number of amides is 2. The van der Waals surface area contributed by atoms with Crippen LogP contribution in [0.25, 0.3) is 0 Å². The van der Waals surface area contributed by atoms with E-state index in [1.807, 2.05) is 36.4 Å². The van der Waals surface area contributed by atoms with Crippen molar-refractivity contribution < 1.29 is 9.59 Å². The first kappa shape index (κ1) is 21.0. The zero-order valence-electron chi connectivity index (χ0n) is 18.7. The van der Waals surface area contributed by atoms with Crippen molar-refractivity contribution in [2.75, 3.05) is 4.90 Å². The molecule has 2 unspecified atom stereocenters. The van der Waals surface area contributed by atoms with E-state index in [0.29, 0.717) is 23.1 Å². The maximum atomic E-state index is 13.3. The molecule has 4 fully saturated rings. The van der Waals surface area contributed by atoms with Crippen LogP contribution in [0.3, 0.4) is 0 Å². The number of carbonyl (C=O) groups is 2. The van der Waals surface area contributed by atoms with E-state index in [1.165, 1.54) is 5.69 Å². The molecule has 2 aliphatic heterocycles. The highest BCUT2D eigenvalue weighted by Crippen LogP contribution is 2.49. The number of rotatable bonds is 6. The van der Waals surface area contributed by atoms with Gasteiger partial charge in [0, 0.05) is 40.4 Å². The number of hydrogen-bond acceptors (Lipinski definition) is 3. The highest BCUT2D eigenvalue weighted by Gasteiger charge is 2.52. The molecule has 172 valence electrons. The second-order valence-corrected chi connectivity index (χ2v) is 10.8. The summed E-state index contributed by atoms with van der Waals surface area (Å²) >= 11 is 6.04. The first-order valence-electron chi connectivity index (χ1n) is 12.3. The molecule has 0 spiro atoms. The van der Waals surface area contributed by atoms with E-state index in [4.69, 9.17) is 11.6 Å². The van der Waals surface area contributed by atoms with Crippen LogP contribution < -0.4 is 15.5 Å². The second-order valence-electron chi connectivity index (χ2n) is 10.3. The third-order valence-electron chi connectivity index (χ3n) is 7.99. The number of benzene rings is 2. The van der Waals surface area contributed by atoms with Crippen molar-refractivity contribution in [2.45, 2.75) is 80.9 Å². The predicted octanol–water partition coefficient (Wildman–Crippen LogP) is 4.58. The fourth-order valence-corrected chi connectivity index (χ4v) is 5.99. The van der Waals surface area contributed by atoms with Crippen LogP contribution in [0.5, 0.6) is 0 Å². The van der Waals surface area contributed by atoms with Crippen molar-refractivity contribution in [2.24, 2.45) is 0 Å². The van der Waals surface area contributed by atoms with Gasteiger partial charge in [0.15, 0.2) is 0 Å². The molecule has 2 aliphatic carbocycles. The molecule has 2 aromatic rings. The van der Waals surface area contributed by atoms with E-state index in [0.717, 1.165) is 62.5 Å². The van der Waals surface area contributed by atoms with E-state index in [1.54, 1.807) is 0 Å². The van der Waals surface area contributed by atoms with E-state index in [-0.39, 0.29) is 23.3 Å². The quantitative estimate of drug-likeness (QED) is 0.659. The van der Waals surface area contributed by atoms with Crippen LogP contribution in [0.2, 0.25) is 5.02 Å². The van der Waals surface area contributed by atoms with Crippen molar-refractivity contribution in [3.8, 4) is 0 Å². The lowest BCUT2D eigenvalue weighted by Crippen LogP contribution is -2.52. The topological polar surface area (TPSA) is 61.4 Å². The zero-order valence-corrected chi connectivity index (χ0v) is 19.5. The van der Waals surface area contributed by atoms with Gasteiger partial charge in [0.1, 0.15) is 0 Å². The average Bonchev–Trinajstić information content (AvgIpc) is 3.73. The Balaban J connectivity index is 1.10. The minimum Gasteiger partial charge on any atom is -0.365 e. The van der Waals surface area contributed by atoms with Crippen LogP contribution in [0.15, 0.2) is 48.5 Å². The third kappa shape index (κ3) is 4.01. The van der Waals surface area contributed by atoms with Gasteiger partial charge in [-0.25, -0.2) is 0 Å². The van der Waals surface area contributed by atoms with E-state index in [2.05, 4.69) is 27.7 Å². The van der Waals surface area contributed by atoms with Crippen molar-refractivity contribution in [1.82, 2.24) is 10.6 Å². The van der Waals surface area contributed by atoms with Gasteiger partial charge >= 0.3 is 0 Å². The number of nitrogens with one attached hydrogen (secondary N) is 2. The van der Waals surface area contributed by atoms with Crippen LogP contribution >= 0.6 is 11.6 Å². The number of halogens is 1. The Morgan fingerprint density at radius 3 is 2.03 bits per heavy atom. The number of carbonyl (C=O) groups excluding carboxylic acids is 2. The van der Waals surface area contributed by atoms with Crippen LogP contribution in [-0.2, 0) is 10.2 Å². The lowest BCUT2D eigenvalue weighted by molar-refractivity contribution is -0.124. The summed E-state index contributed by atoms with van der Waals surface area (Å²) in [4.78, 5) is 28.1. The van der Waals surface area contributed by atoms with Crippen molar-refractivity contribution >= 4 is 29.1 Å². The standard InChI is InChI=1S/C27H30ClN3O2/c28-19-5-3-18(4-6-19)27(13-14-27)26(33)30-21-15-23-11-12-24(16-21)31(23)22-9-1-17(2-10-22)25(32)29-20-7-8-20/h1-6,9-10,20-21,23-24H,7-8,11-16H2,(H,29,32)(H,30,33). The monoisotopic (exact) mass is 463 g/mol. The molecular weight excluding hydrogens is 434 g/mol. The molecule has 2 heterocycles. The van der Waals surface area contributed by atoms with Gasteiger partial charge in [-0.2, -0.15) is 0 Å². The molecule has 4 aliphatic rings. The van der Waals surface area contributed by atoms with Gasteiger partial charge in [0.05, 0.1) is 5.41 Å². The van der Waals surface area contributed by atoms with Crippen molar-refractivity contribution in [3.05, 3.63) is 64.7 Å². The summed E-state index contributed by atoms with van der Waals surface area (Å²) in [5.41, 5.74) is 2.64. The molecule has 2 aromatic carbocycles. The molecule has 2 bridgehead atoms. The molecule has 2 atom stereocenters. The Labute approximate surface area is 199 Å². The van der Waals surface area contributed by atoms with Gasteiger partial charge in [0.2, 0.25) is 5.91 Å². The second kappa shape index (κ2) is 8.05. The lowest BCUT2D eigenvalue weighted by atomic mass is 9.92. The van der Waals surface area contributed by atoms with E-state index in [9.17, 15) is 9.59 Å². The van der Waals surface area contributed by atoms with Gasteiger partial charge in [-0.3, -0.25) is 9.59 Å². The first-order chi connectivity index (χ1) is 16.0. The molecule has 0 radical (unpaired) electrons. The Bertz CT molecular complexity index is 1050. The molecule has 6 rings (SSSR count). The Morgan fingerprint density at radius 1 is 0.818 bits per heavy atom. The van der Waals surface area contributed by atoms with Gasteiger partial charge in [-0.05, 0) is 93.3 Å². The first-order valence-corrected chi connectivity index (χ1v) is 12.7. The summed E-state index contributed by atoms with van der Waals surface area (Å²) in [5, 5.41) is 7.16. The summed E-state index contributed by atoms with van der Waals surface area (Å²) in [7, 11) is 0. The number of hydrogen-bond donors (Lipinski definition) is 2. The summed E-state index contributed by atoms with van der Waals surface area (Å²) in [5.74, 6) is 0.205.